The van der Waals surface area contributed by atoms with Crippen molar-refractivity contribution in [1.82, 2.24) is 9.78 Å². The number of carbonyl (C=O) groups is 1. The zero-order chi connectivity index (χ0) is 10.8. The number of aryl methyl sites for hydroxylation is 2. The summed E-state index contributed by atoms with van der Waals surface area (Å²) in [5.74, 6) is 0.295. The lowest BCUT2D eigenvalue weighted by molar-refractivity contribution is -0.126. The summed E-state index contributed by atoms with van der Waals surface area (Å²) in [6.45, 7) is 5.86. The maximum absolute atomic E-state index is 11.6. The van der Waals surface area contributed by atoms with Crippen molar-refractivity contribution in [3.8, 4) is 0 Å². The highest BCUT2D eigenvalue weighted by atomic mass is 16.1. The van der Waals surface area contributed by atoms with E-state index in [1.54, 1.807) is 4.68 Å². The van der Waals surface area contributed by atoms with E-state index in [1.807, 2.05) is 40.1 Å². The molecule has 1 heterocycles. The van der Waals surface area contributed by atoms with Crippen LogP contribution < -0.4 is 0 Å². The second kappa shape index (κ2) is 3.95. The minimum atomic E-state index is -0.227. The van der Waals surface area contributed by atoms with Gasteiger partial charge in [-0.25, -0.2) is 0 Å². The molecule has 0 amide bonds. The molecule has 0 unspecified atom stereocenters. The lowest BCUT2D eigenvalue weighted by Crippen LogP contribution is -2.20. The molecule has 3 heteroatoms. The first-order chi connectivity index (χ1) is 6.39. The Morgan fingerprint density at radius 2 is 2.14 bits per heavy atom. The van der Waals surface area contributed by atoms with Gasteiger partial charge < -0.3 is 0 Å². The number of hydrogen-bond acceptors (Lipinski definition) is 2. The molecule has 0 saturated heterocycles. The van der Waals surface area contributed by atoms with Crippen LogP contribution in [-0.2, 0) is 18.3 Å². The highest BCUT2D eigenvalue weighted by Gasteiger charge is 2.20. The quantitative estimate of drug-likeness (QED) is 0.737. The lowest BCUT2D eigenvalue weighted by atomic mass is 9.88. The van der Waals surface area contributed by atoms with Crippen molar-refractivity contribution >= 4 is 5.78 Å². The number of Topliss-reactive ketones (excluding diaryl/α,β-unsaturated/α-hetero) is 1. The van der Waals surface area contributed by atoms with Gasteiger partial charge in [0.15, 0.2) is 0 Å². The van der Waals surface area contributed by atoms with E-state index in [4.69, 9.17) is 0 Å². The van der Waals surface area contributed by atoms with Crippen LogP contribution in [0, 0.1) is 5.41 Å². The second-order valence-electron chi connectivity index (χ2n) is 4.65. The van der Waals surface area contributed by atoms with Crippen LogP contribution in [0.15, 0.2) is 12.3 Å². The lowest BCUT2D eigenvalue weighted by Gasteiger charge is -2.15. The largest absolute Gasteiger partial charge is 0.299 e. The first kappa shape index (κ1) is 11.0. The third kappa shape index (κ3) is 2.98. The van der Waals surface area contributed by atoms with E-state index in [0.29, 0.717) is 12.2 Å². The van der Waals surface area contributed by atoms with Gasteiger partial charge in [-0.05, 0) is 12.5 Å². The fourth-order valence-electron chi connectivity index (χ4n) is 1.21. The van der Waals surface area contributed by atoms with E-state index in [2.05, 4.69) is 5.10 Å². The van der Waals surface area contributed by atoms with E-state index in [0.717, 1.165) is 12.1 Å². The SMILES string of the molecule is Cn1ccc(CCC(=O)C(C)(C)C)n1. The predicted molar refractivity (Wildman–Crippen MR) is 56.0 cm³/mol. The highest BCUT2D eigenvalue weighted by Crippen LogP contribution is 2.17. The Morgan fingerprint density at radius 3 is 2.57 bits per heavy atom. The Morgan fingerprint density at radius 1 is 1.50 bits per heavy atom. The molecule has 14 heavy (non-hydrogen) atoms. The Kier molecular flexibility index (Phi) is 3.09. The first-order valence-electron chi connectivity index (χ1n) is 4.91. The number of rotatable bonds is 3. The van der Waals surface area contributed by atoms with Crippen molar-refractivity contribution in [2.75, 3.05) is 0 Å². The molecule has 0 fully saturated rings. The van der Waals surface area contributed by atoms with Gasteiger partial charge in [0.1, 0.15) is 5.78 Å². The molecule has 0 spiro atoms. The van der Waals surface area contributed by atoms with Gasteiger partial charge in [0, 0.05) is 25.1 Å². The molecule has 0 N–H and O–H groups in total. The molecule has 0 atom stereocenters. The summed E-state index contributed by atoms with van der Waals surface area (Å²) >= 11 is 0. The van der Waals surface area contributed by atoms with Crippen LogP contribution in [0.4, 0.5) is 0 Å². The Labute approximate surface area is 85.1 Å². The normalized spacial score (nSPS) is 11.7. The Balaban J connectivity index is 2.46. The summed E-state index contributed by atoms with van der Waals surface area (Å²) < 4.78 is 1.76. The van der Waals surface area contributed by atoms with Crippen LogP contribution in [0.2, 0.25) is 0 Å². The molecular formula is C11H18N2O. The summed E-state index contributed by atoms with van der Waals surface area (Å²) in [6, 6.07) is 1.95. The molecule has 1 aromatic rings. The van der Waals surface area contributed by atoms with Crippen LogP contribution in [0.5, 0.6) is 0 Å². The van der Waals surface area contributed by atoms with Crippen LogP contribution >= 0.6 is 0 Å². The van der Waals surface area contributed by atoms with Gasteiger partial charge in [-0.15, -0.1) is 0 Å². The third-order valence-electron chi connectivity index (χ3n) is 2.21. The predicted octanol–water partition coefficient (Wildman–Crippen LogP) is 1.97. The van der Waals surface area contributed by atoms with Crippen molar-refractivity contribution < 1.29 is 4.79 Å². The summed E-state index contributed by atoms with van der Waals surface area (Å²) in [7, 11) is 1.88. The molecule has 0 radical (unpaired) electrons. The summed E-state index contributed by atoms with van der Waals surface area (Å²) in [5.41, 5.74) is 0.763. The van der Waals surface area contributed by atoms with E-state index in [9.17, 15) is 4.79 Å². The minimum absolute atomic E-state index is 0.227. The molecule has 0 aliphatic carbocycles. The average molecular weight is 194 g/mol. The van der Waals surface area contributed by atoms with Gasteiger partial charge in [-0.1, -0.05) is 20.8 Å². The maximum atomic E-state index is 11.6. The van der Waals surface area contributed by atoms with Crippen molar-refractivity contribution in [3.63, 3.8) is 0 Å². The monoisotopic (exact) mass is 194 g/mol. The fourth-order valence-corrected chi connectivity index (χ4v) is 1.21. The zero-order valence-corrected chi connectivity index (χ0v) is 9.37. The molecule has 3 nitrogen and oxygen atoms in total. The Hall–Kier alpha value is -1.12. The molecule has 0 aliphatic heterocycles. The topological polar surface area (TPSA) is 34.9 Å². The van der Waals surface area contributed by atoms with Crippen LogP contribution in [0.1, 0.15) is 32.9 Å². The van der Waals surface area contributed by atoms with E-state index in [1.165, 1.54) is 0 Å². The van der Waals surface area contributed by atoms with Gasteiger partial charge in [0.25, 0.3) is 0 Å². The van der Waals surface area contributed by atoms with E-state index >= 15 is 0 Å². The standard InChI is InChI=1S/C11H18N2O/c1-11(2,3)10(14)6-5-9-7-8-13(4)12-9/h7-8H,5-6H2,1-4H3. The average Bonchev–Trinajstić information content (AvgIpc) is 2.45. The zero-order valence-electron chi connectivity index (χ0n) is 9.37. The molecular weight excluding hydrogens is 176 g/mol. The third-order valence-corrected chi connectivity index (χ3v) is 2.21. The number of nitrogens with zero attached hydrogens (tertiary/aromatic N) is 2. The second-order valence-corrected chi connectivity index (χ2v) is 4.65. The highest BCUT2D eigenvalue weighted by molar-refractivity contribution is 5.83. The molecule has 0 bridgehead atoms. The van der Waals surface area contributed by atoms with Gasteiger partial charge in [0.2, 0.25) is 0 Å². The van der Waals surface area contributed by atoms with Crippen molar-refractivity contribution in [3.05, 3.63) is 18.0 Å². The molecule has 1 aromatic heterocycles. The summed E-state index contributed by atoms with van der Waals surface area (Å²) in [5, 5.41) is 4.23. The van der Waals surface area contributed by atoms with Crippen molar-refractivity contribution in [2.45, 2.75) is 33.6 Å². The molecule has 0 aromatic carbocycles. The van der Waals surface area contributed by atoms with Gasteiger partial charge >= 0.3 is 0 Å². The van der Waals surface area contributed by atoms with Crippen molar-refractivity contribution in [1.29, 1.82) is 0 Å². The van der Waals surface area contributed by atoms with Gasteiger partial charge in [-0.2, -0.15) is 5.10 Å². The number of aromatic nitrogens is 2. The van der Waals surface area contributed by atoms with E-state index < -0.39 is 0 Å². The molecule has 0 saturated carbocycles. The Bertz CT molecular complexity index is 320. The molecule has 78 valence electrons. The van der Waals surface area contributed by atoms with Crippen LogP contribution in [-0.4, -0.2) is 15.6 Å². The smallest absolute Gasteiger partial charge is 0.138 e. The molecule has 1 rings (SSSR count). The van der Waals surface area contributed by atoms with E-state index in [-0.39, 0.29) is 5.41 Å². The fraction of sp³-hybridized carbons (Fsp3) is 0.636. The number of hydrogen-bond donors (Lipinski definition) is 0. The van der Waals surface area contributed by atoms with Crippen molar-refractivity contribution in [2.24, 2.45) is 12.5 Å². The summed E-state index contributed by atoms with van der Waals surface area (Å²) in [6.07, 6.45) is 3.23. The minimum Gasteiger partial charge on any atom is -0.299 e. The van der Waals surface area contributed by atoms with Gasteiger partial charge in [0.05, 0.1) is 5.69 Å². The van der Waals surface area contributed by atoms with Crippen LogP contribution in [0.3, 0.4) is 0 Å². The number of carbonyl (C=O) groups excluding carboxylic acids is 1. The summed E-state index contributed by atoms with van der Waals surface area (Å²) in [4.78, 5) is 11.6. The van der Waals surface area contributed by atoms with Gasteiger partial charge in [-0.3, -0.25) is 9.48 Å². The number of ketones is 1. The molecule has 0 aliphatic rings. The maximum Gasteiger partial charge on any atom is 0.138 e. The first-order valence-corrected chi connectivity index (χ1v) is 4.91. The van der Waals surface area contributed by atoms with Crippen LogP contribution in [0.25, 0.3) is 0 Å².